The third kappa shape index (κ3) is 8.17. The van der Waals surface area contributed by atoms with E-state index in [1.54, 1.807) is 30.5 Å². The van der Waals surface area contributed by atoms with Crippen LogP contribution in [0.4, 0.5) is 5.82 Å². The highest BCUT2D eigenvalue weighted by Crippen LogP contribution is 2.14. The summed E-state index contributed by atoms with van der Waals surface area (Å²) >= 11 is 0. The first-order valence-electron chi connectivity index (χ1n) is 11.7. The van der Waals surface area contributed by atoms with E-state index in [9.17, 15) is 15.0 Å². The normalized spacial score (nSPS) is 12.8. The predicted octanol–water partition coefficient (Wildman–Crippen LogP) is 3.38. The molecule has 7 nitrogen and oxygen atoms in total. The molecule has 3 rings (SSSR count). The fraction of sp³-hybridized carbons (Fsp3) is 0.333. The van der Waals surface area contributed by atoms with Gasteiger partial charge in [0.2, 0.25) is 0 Å². The number of phenolic OH excluding ortho intramolecular Hbond substituents is 1. The molecule has 0 spiro atoms. The number of nitrogens with zero attached hydrogens (tertiary/aromatic N) is 1. The summed E-state index contributed by atoms with van der Waals surface area (Å²) in [5.41, 5.74) is 9.20. The lowest BCUT2D eigenvalue weighted by molar-refractivity contribution is 0.0953. The van der Waals surface area contributed by atoms with Crippen molar-refractivity contribution < 1.29 is 15.0 Å². The number of rotatable bonds is 12. The monoisotopic (exact) mass is 462 g/mol. The van der Waals surface area contributed by atoms with Crippen molar-refractivity contribution in [2.75, 3.05) is 18.8 Å². The zero-order valence-corrected chi connectivity index (χ0v) is 19.6. The summed E-state index contributed by atoms with van der Waals surface area (Å²) in [6.07, 6.45) is 4.43. The van der Waals surface area contributed by atoms with Gasteiger partial charge < -0.3 is 26.6 Å². The van der Waals surface area contributed by atoms with Gasteiger partial charge in [0.25, 0.3) is 5.91 Å². The van der Waals surface area contributed by atoms with Crippen LogP contribution in [0, 0.1) is 0 Å². The Bertz CT molecular complexity index is 1040. The Morgan fingerprint density at radius 3 is 2.59 bits per heavy atom. The molecule has 7 heteroatoms. The zero-order valence-electron chi connectivity index (χ0n) is 19.6. The minimum atomic E-state index is -0.665. The van der Waals surface area contributed by atoms with Gasteiger partial charge in [0.05, 0.1) is 6.10 Å². The highest BCUT2D eigenvalue weighted by Gasteiger charge is 2.12. The van der Waals surface area contributed by atoms with Gasteiger partial charge in [0.15, 0.2) is 0 Å². The smallest absolute Gasteiger partial charge is 0.251 e. The summed E-state index contributed by atoms with van der Waals surface area (Å²) in [7, 11) is 0. The van der Waals surface area contributed by atoms with Crippen LogP contribution in [0.3, 0.4) is 0 Å². The number of aliphatic hydroxyl groups is 1. The highest BCUT2D eigenvalue weighted by atomic mass is 16.3. The molecule has 0 fully saturated rings. The number of hydrogen-bond acceptors (Lipinski definition) is 6. The Kier molecular flexibility index (Phi) is 9.43. The minimum Gasteiger partial charge on any atom is -0.508 e. The van der Waals surface area contributed by atoms with Crippen molar-refractivity contribution in [1.29, 1.82) is 0 Å². The molecule has 34 heavy (non-hydrogen) atoms. The topological polar surface area (TPSA) is 120 Å². The number of aryl methyl sites for hydroxylation is 1. The molecule has 0 saturated heterocycles. The second kappa shape index (κ2) is 12.7. The Morgan fingerprint density at radius 1 is 1.06 bits per heavy atom. The molecule has 0 aliphatic heterocycles. The van der Waals surface area contributed by atoms with Crippen molar-refractivity contribution in [3.05, 3.63) is 89.1 Å². The van der Waals surface area contributed by atoms with Gasteiger partial charge in [-0.15, -0.1) is 0 Å². The van der Waals surface area contributed by atoms with E-state index in [2.05, 4.69) is 22.5 Å². The number of nitrogens with two attached hydrogens (primary N) is 1. The summed E-state index contributed by atoms with van der Waals surface area (Å²) in [6, 6.07) is 18.5. The van der Waals surface area contributed by atoms with Crippen LogP contribution in [0.1, 0.15) is 52.9 Å². The lowest BCUT2D eigenvalue weighted by Gasteiger charge is -2.18. The largest absolute Gasteiger partial charge is 0.508 e. The molecule has 1 amide bonds. The summed E-state index contributed by atoms with van der Waals surface area (Å²) in [5, 5.41) is 26.0. The quantitative estimate of drug-likeness (QED) is 0.263. The van der Waals surface area contributed by atoms with E-state index in [4.69, 9.17) is 5.73 Å². The van der Waals surface area contributed by atoms with Gasteiger partial charge in [-0.2, -0.15) is 0 Å². The van der Waals surface area contributed by atoms with Crippen molar-refractivity contribution >= 4 is 11.7 Å². The summed E-state index contributed by atoms with van der Waals surface area (Å²) in [4.78, 5) is 16.6. The molecule has 180 valence electrons. The van der Waals surface area contributed by atoms with E-state index in [1.165, 1.54) is 5.56 Å². The number of hydrogen-bond donors (Lipinski definition) is 5. The first kappa shape index (κ1) is 25.2. The van der Waals surface area contributed by atoms with Crippen LogP contribution in [0.15, 0.2) is 66.9 Å². The van der Waals surface area contributed by atoms with E-state index >= 15 is 0 Å². The van der Waals surface area contributed by atoms with E-state index in [0.717, 1.165) is 36.8 Å². The van der Waals surface area contributed by atoms with E-state index < -0.39 is 6.10 Å². The van der Waals surface area contributed by atoms with Gasteiger partial charge in [-0.1, -0.05) is 30.3 Å². The third-order valence-corrected chi connectivity index (χ3v) is 5.70. The predicted molar refractivity (Wildman–Crippen MR) is 135 cm³/mol. The maximum atomic E-state index is 12.5. The SMILES string of the molecule is C[C@H](Cc1cccc(C(=O)NCCCCc2ccc(O)cc2)c1)NC[C@@H](O)c1ccc(N)nc1. The third-order valence-electron chi connectivity index (χ3n) is 5.70. The molecule has 1 heterocycles. The van der Waals surface area contributed by atoms with Crippen LogP contribution in [-0.2, 0) is 12.8 Å². The number of benzene rings is 2. The Morgan fingerprint density at radius 2 is 1.85 bits per heavy atom. The van der Waals surface area contributed by atoms with Crippen molar-refractivity contribution in [2.45, 2.75) is 44.8 Å². The molecular weight excluding hydrogens is 428 g/mol. The number of phenols is 1. The Labute approximate surface area is 201 Å². The van der Waals surface area contributed by atoms with Crippen LogP contribution >= 0.6 is 0 Å². The number of aromatic hydroxyl groups is 1. The first-order valence-corrected chi connectivity index (χ1v) is 11.7. The van der Waals surface area contributed by atoms with Gasteiger partial charge in [-0.3, -0.25) is 4.79 Å². The molecule has 2 atom stereocenters. The lowest BCUT2D eigenvalue weighted by Crippen LogP contribution is -2.32. The number of unbranched alkanes of at least 4 members (excludes halogenated alkanes) is 1. The fourth-order valence-electron chi connectivity index (χ4n) is 3.73. The average Bonchev–Trinajstić information content (AvgIpc) is 2.84. The molecule has 3 aromatic rings. The summed E-state index contributed by atoms with van der Waals surface area (Å²) in [6.45, 7) is 3.07. The standard InChI is InChI=1S/C27H34N4O3/c1-19(30-18-25(33)23-10-13-26(28)31-17-23)15-21-6-4-7-22(16-21)27(34)29-14-3-2-5-20-8-11-24(32)12-9-20/h4,6-13,16-17,19,25,30,32-33H,2-3,5,14-15,18H2,1H3,(H2,28,31)(H,29,34)/t19-,25-/m1/s1. The number of aliphatic hydroxyl groups excluding tert-OH is 1. The number of amides is 1. The Balaban J connectivity index is 1.39. The summed E-state index contributed by atoms with van der Waals surface area (Å²) in [5.74, 6) is 0.630. The van der Waals surface area contributed by atoms with Crippen LogP contribution in [0.2, 0.25) is 0 Å². The number of carbonyl (C=O) groups is 1. The number of anilines is 1. The number of carbonyl (C=O) groups excluding carboxylic acids is 1. The molecular formula is C27H34N4O3. The molecule has 2 aromatic carbocycles. The number of nitrogens with one attached hydrogen (secondary N) is 2. The zero-order chi connectivity index (χ0) is 24.3. The van der Waals surface area contributed by atoms with Crippen molar-refractivity contribution in [3.63, 3.8) is 0 Å². The van der Waals surface area contributed by atoms with Gasteiger partial charge in [-0.05, 0) is 74.1 Å². The Hall–Kier alpha value is -3.42. The van der Waals surface area contributed by atoms with Crippen molar-refractivity contribution in [3.8, 4) is 5.75 Å². The molecule has 0 bridgehead atoms. The molecule has 6 N–H and O–H groups in total. The van der Waals surface area contributed by atoms with Crippen molar-refractivity contribution in [2.24, 2.45) is 0 Å². The van der Waals surface area contributed by atoms with E-state index in [-0.39, 0.29) is 17.7 Å². The molecule has 0 aliphatic rings. The molecule has 0 aliphatic carbocycles. The molecule has 0 radical (unpaired) electrons. The molecule has 0 saturated carbocycles. The minimum absolute atomic E-state index is 0.0710. The molecule has 0 unspecified atom stereocenters. The van der Waals surface area contributed by atoms with Crippen LogP contribution in [-0.4, -0.2) is 40.2 Å². The maximum Gasteiger partial charge on any atom is 0.251 e. The van der Waals surface area contributed by atoms with Gasteiger partial charge in [-0.25, -0.2) is 4.98 Å². The second-order valence-electron chi connectivity index (χ2n) is 8.63. The van der Waals surface area contributed by atoms with E-state index in [0.29, 0.717) is 24.5 Å². The lowest BCUT2D eigenvalue weighted by atomic mass is 10.0. The van der Waals surface area contributed by atoms with Gasteiger partial charge in [0, 0.05) is 36.5 Å². The highest BCUT2D eigenvalue weighted by molar-refractivity contribution is 5.94. The second-order valence-corrected chi connectivity index (χ2v) is 8.63. The summed E-state index contributed by atoms with van der Waals surface area (Å²) < 4.78 is 0. The maximum absolute atomic E-state index is 12.5. The van der Waals surface area contributed by atoms with Crippen LogP contribution in [0.25, 0.3) is 0 Å². The van der Waals surface area contributed by atoms with Crippen molar-refractivity contribution in [1.82, 2.24) is 15.6 Å². The van der Waals surface area contributed by atoms with Crippen LogP contribution in [0.5, 0.6) is 5.75 Å². The fourth-order valence-corrected chi connectivity index (χ4v) is 3.73. The number of aromatic nitrogens is 1. The van der Waals surface area contributed by atoms with Crippen LogP contribution < -0.4 is 16.4 Å². The van der Waals surface area contributed by atoms with Gasteiger partial charge in [0.1, 0.15) is 11.6 Å². The first-order chi connectivity index (χ1) is 16.4. The van der Waals surface area contributed by atoms with Gasteiger partial charge >= 0.3 is 0 Å². The number of nitrogen functional groups attached to an aromatic ring is 1. The number of pyridine rings is 1. The average molecular weight is 463 g/mol. The van der Waals surface area contributed by atoms with E-state index in [1.807, 2.05) is 36.4 Å². The molecule has 1 aromatic heterocycles.